The number of halogens is 1. The number of nitrogen functional groups attached to an aromatic ring is 1. The fourth-order valence-corrected chi connectivity index (χ4v) is 2.12. The number of pyridine rings is 1. The molecule has 5 heteroatoms. The lowest BCUT2D eigenvalue weighted by molar-refractivity contribution is 0.102. The van der Waals surface area contributed by atoms with Crippen LogP contribution in [0, 0.1) is 10.5 Å². The van der Waals surface area contributed by atoms with Crippen LogP contribution in [0.3, 0.4) is 0 Å². The van der Waals surface area contributed by atoms with Gasteiger partial charge in [0.25, 0.3) is 5.91 Å². The van der Waals surface area contributed by atoms with Gasteiger partial charge in [-0.05, 0) is 53.3 Å². The molecule has 0 bridgehead atoms. The monoisotopic (exact) mass is 353 g/mol. The number of anilines is 2. The molecule has 0 aliphatic carbocycles. The predicted octanol–water partition coefficient (Wildman–Crippen LogP) is 2.83. The lowest BCUT2D eigenvalue weighted by Gasteiger charge is -2.09. The molecule has 2 rings (SSSR count). The highest BCUT2D eigenvalue weighted by Gasteiger charge is 2.12. The first-order valence-electron chi connectivity index (χ1n) is 5.36. The third kappa shape index (κ3) is 2.61. The number of aryl methyl sites for hydroxylation is 1. The largest absolute Gasteiger partial charge is 0.396 e. The van der Waals surface area contributed by atoms with Gasteiger partial charge in [0, 0.05) is 9.77 Å². The van der Waals surface area contributed by atoms with E-state index in [4.69, 9.17) is 5.73 Å². The number of carbonyl (C=O) groups excluding carboxylic acids is 1. The Kier molecular flexibility index (Phi) is 3.81. The molecular weight excluding hydrogens is 341 g/mol. The second-order valence-corrected chi connectivity index (χ2v) is 4.91. The Morgan fingerprint density at radius 2 is 2.11 bits per heavy atom. The molecule has 4 nitrogen and oxygen atoms in total. The van der Waals surface area contributed by atoms with Gasteiger partial charge in [0.2, 0.25) is 0 Å². The molecule has 0 saturated heterocycles. The topological polar surface area (TPSA) is 68.0 Å². The Labute approximate surface area is 119 Å². The maximum atomic E-state index is 12.1. The van der Waals surface area contributed by atoms with Crippen molar-refractivity contribution in [3.05, 3.63) is 51.2 Å². The lowest BCUT2D eigenvalue weighted by Crippen LogP contribution is -2.16. The normalized spacial score (nSPS) is 10.1. The van der Waals surface area contributed by atoms with Crippen molar-refractivity contribution in [3.63, 3.8) is 0 Å². The first-order chi connectivity index (χ1) is 8.59. The molecule has 1 aromatic carbocycles. The van der Waals surface area contributed by atoms with Crippen molar-refractivity contribution in [1.29, 1.82) is 0 Å². The highest BCUT2D eigenvalue weighted by atomic mass is 127. The molecule has 0 aliphatic heterocycles. The van der Waals surface area contributed by atoms with Crippen LogP contribution in [0.5, 0.6) is 0 Å². The molecular formula is C13H12IN3O. The second-order valence-electron chi connectivity index (χ2n) is 3.83. The fourth-order valence-electron chi connectivity index (χ4n) is 1.52. The SMILES string of the molecule is Cc1cccc(C(=O)Nc2ncccc2N)c1I. The summed E-state index contributed by atoms with van der Waals surface area (Å²) in [7, 11) is 0. The number of hydrogen-bond acceptors (Lipinski definition) is 3. The highest BCUT2D eigenvalue weighted by molar-refractivity contribution is 14.1. The van der Waals surface area contributed by atoms with Gasteiger partial charge in [-0.2, -0.15) is 0 Å². The van der Waals surface area contributed by atoms with E-state index in [2.05, 4.69) is 32.9 Å². The van der Waals surface area contributed by atoms with Crippen molar-refractivity contribution in [2.45, 2.75) is 6.92 Å². The third-order valence-corrected chi connectivity index (χ3v) is 3.94. The van der Waals surface area contributed by atoms with Crippen molar-refractivity contribution >= 4 is 40.0 Å². The number of aromatic nitrogens is 1. The van der Waals surface area contributed by atoms with Crippen molar-refractivity contribution < 1.29 is 4.79 Å². The Morgan fingerprint density at radius 1 is 1.33 bits per heavy atom. The van der Waals surface area contributed by atoms with E-state index in [-0.39, 0.29) is 5.91 Å². The summed E-state index contributed by atoms with van der Waals surface area (Å²) >= 11 is 2.16. The molecule has 1 heterocycles. The number of nitrogens with one attached hydrogen (secondary N) is 1. The van der Waals surface area contributed by atoms with E-state index in [0.29, 0.717) is 17.1 Å². The molecule has 3 N–H and O–H groups in total. The fraction of sp³-hybridized carbons (Fsp3) is 0.0769. The van der Waals surface area contributed by atoms with Crippen molar-refractivity contribution in [1.82, 2.24) is 4.98 Å². The van der Waals surface area contributed by atoms with Crippen molar-refractivity contribution in [2.24, 2.45) is 0 Å². The average molecular weight is 353 g/mol. The van der Waals surface area contributed by atoms with Crippen LogP contribution in [-0.4, -0.2) is 10.9 Å². The minimum absolute atomic E-state index is 0.200. The van der Waals surface area contributed by atoms with E-state index in [1.807, 2.05) is 19.1 Å². The van der Waals surface area contributed by atoms with Gasteiger partial charge in [-0.1, -0.05) is 12.1 Å². The zero-order valence-electron chi connectivity index (χ0n) is 9.77. The number of nitrogens with two attached hydrogens (primary N) is 1. The summed E-state index contributed by atoms with van der Waals surface area (Å²) in [6, 6.07) is 9.02. The Bertz CT molecular complexity index is 599. The van der Waals surface area contributed by atoms with Gasteiger partial charge in [-0.3, -0.25) is 4.79 Å². The van der Waals surface area contributed by atoms with Crippen LogP contribution in [0.2, 0.25) is 0 Å². The van der Waals surface area contributed by atoms with Gasteiger partial charge >= 0.3 is 0 Å². The molecule has 0 saturated carbocycles. The molecule has 0 unspecified atom stereocenters. The van der Waals surface area contributed by atoms with Crippen LogP contribution in [0.1, 0.15) is 15.9 Å². The predicted molar refractivity (Wildman–Crippen MR) is 80.5 cm³/mol. The Balaban J connectivity index is 2.28. The van der Waals surface area contributed by atoms with Crippen LogP contribution >= 0.6 is 22.6 Å². The molecule has 0 radical (unpaired) electrons. The molecule has 0 spiro atoms. The summed E-state index contributed by atoms with van der Waals surface area (Å²) < 4.78 is 0.933. The maximum Gasteiger partial charge on any atom is 0.257 e. The molecule has 0 aliphatic rings. The minimum atomic E-state index is -0.200. The summed E-state index contributed by atoms with van der Waals surface area (Å²) in [5.41, 5.74) is 7.88. The summed E-state index contributed by atoms with van der Waals surface area (Å²) in [5, 5.41) is 2.71. The van der Waals surface area contributed by atoms with Crippen LogP contribution in [0.15, 0.2) is 36.5 Å². The molecule has 92 valence electrons. The lowest BCUT2D eigenvalue weighted by atomic mass is 10.1. The summed E-state index contributed by atoms with van der Waals surface area (Å²) in [6.45, 7) is 1.97. The first-order valence-corrected chi connectivity index (χ1v) is 6.44. The number of carbonyl (C=O) groups is 1. The quantitative estimate of drug-likeness (QED) is 0.816. The van der Waals surface area contributed by atoms with Gasteiger partial charge < -0.3 is 11.1 Å². The number of hydrogen-bond donors (Lipinski definition) is 2. The van der Waals surface area contributed by atoms with Gasteiger partial charge in [0.1, 0.15) is 0 Å². The zero-order valence-corrected chi connectivity index (χ0v) is 11.9. The number of nitrogens with zero attached hydrogens (tertiary/aromatic N) is 1. The van der Waals surface area contributed by atoms with Gasteiger partial charge in [0.15, 0.2) is 5.82 Å². The minimum Gasteiger partial charge on any atom is -0.396 e. The Hall–Kier alpha value is -1.63. The van der Waals surface area contributed by atoms with Gasteiger partial charge in [0.05, 0.1) is 11.3 Å². The molecule has 2 aromatic rings. The molecule has 0 atom stereocenters. The summed E-state index contributed by atoms with van der Waals surface area (Å²) in [6.07, 6.45) is 1.59. The molecule has 18 heavy (non-hydrogen) atoms. The van der Waals surface area contributed by atoms with Crippen LogP contribution in [-0.2, 0) is 0 Å². The summed E-state index contributed by atoms with van der Waals surface area (Å²) in [4.78, 5) is 16.2. The standard InChI is InChI=1S/C13H12IN3O/c1-8-4-2-5-9(11(8)14)13(18)17-12-10(15)6-3-7-16-12/h2-7H,15H2,1H3,(H,16,17,18). The number of amides is 1. The van der Waals surface area contributed by atoms with E-state index < -0.39 is 0 Å². The van der Waals surface area contributed by atoms with Crippen LogP contribution in [0.25, 0.3) is 0 Å². The number of benzene rings is 1. The van der Waals surface area contributed by atoms with Gasteiger partial charge in [-0.15, -0.1) is 0 Å². The highest BCUT2D eigenvalue weighted by Crippen LogP contribution is 2.19. The van der Waals surface area contributed by atoms with E-state index in [1.165, 1.54) is 0 Å². The zero-order chi connectivity index (χ0) is 13.1. The summed E-state index contributed by atoms with van der Waals surface area (Å²) in [5.74, 6) is 0.188. The van der Waals surface area contributed by atoms with Gasteiger partial charge in [-0.25, -0.2) is 4.98 Å². The average Bonchev–Trinajstić information content (AvgIpc) is 2.35. The third-order valence-electron chi connectivity index (χ3n) is 2.51. The molecule has 0 fully saturated rings. The van der Waals surface area contributed by atoms with Crippen molar-refractivity contribution in [2.75, 3.05) is 11.1 Å². The molecule has 1 aromatic heterocycles. The van der Waals surface area contributed by atoms with Crippen molar-refractivity contribution in [3.8, 4) is 0 Å². The Morgan fingerprint density at radius 3 is 2.83 bits per heavy atom. The van der Waals surface area contributed by atoms with Crippen LogP contribution in [0.4, 0.5) is 11.5 Å². The van der Waals surface area contributed by atoms with E-state index in [1.54, 1.807) is 24.4 Å². The van der Waals surface area contributed by atoms with E-state index in [9.17, 15) is 4.79 Å². The smallest absolute Gasteiger partial charge is 0.257 e. The van der Waals surface area contributed by atoms with E-state index in [0.717, 1.165) is 9.13 Å². The van der Waals surface area contributed by atoms with E-state index >= 15 is 0 Å². The van der Waals surface area contributed by atoms with Crippen LogP contribution < -0.4 is 11.1 Å². The maximum absolute atomic E-state index is 12.1. The first kappa shape index (κ1) is 12.8. The molecule has 1 amide bonds. The second kappa shape index (κ2) is 5.34. The number of rotatable bonds is 2.